The van der Waals surface area contributed by atoms with Crippen LogP contribution in [0.25, 0.3) is 0 Å². The maximum atomic E-state index is 12.4. The Balaban J connectivity index is 3.42. The lowest BCUT2D eigenvalue weighted by atomic mass is 10.0. The van der Waals surface area contributed by atoms with Crippen LogP contribution in [0.3, 0.4) is 0 Å². The second-order valence-corrected chi connectivity index (χ2v) is 18.9. The van der Waals surface area contributed by atoms with Crippen LogP contribution in [0, 0.1) is 0 Å². The predicted octanol–water partition coefficient (Wildman–Crippen LogP) is 16.7. The van der Waals surface area contributed by atoms with Gasteiger partial charge < -0.3 is 20.3 Å². The first-order valence-electron chi connectivity index (χ1n) is 27.6. The summed E-state index contributed by atoms with van der Waals surface area (Å²) in [7, 11) is 0. The number of rotatable bonds is 51. The number of unbranched alkanes of at least 4 members (excludes halogenated alkanes) is 36. The Morgan fingerprint density at radius 2 is 0.758 bits per heavy atom. The van der Waals surface area contributed by atoms with Crippen LogP contribution in [0.2, 0.25) is 0 Å². The predicted molar refractivity (Wildman–Crippen MR) is 269 cm³/mol. The van der Waals surface area contributed by atoms with Gasteiger partial charge in [0.25, 0.3) is 0 Å². The Bertz CT molecular complexity index is 966. The molecule has 6 heteroatoms. The number of aliphatic hydroxyl groups is 2. The fraction of sp³-hybridized carbons (Fsp3) is 0.893. The normalized spacial score (nSPS) is 12.8. The average molecular weight is 874 g/mol. The summed E-state index contributed by atoms with van der Waals surface area (Å²) in [6, 6.07) is -0.547. The topological polar surface area (TPSA) is 95.9 Å². The van der Waals surface area contributed by atoms with Crippen LogP contribution in [-0.2, 0) is 14.3 Å². The first kappa shape index (κ1) is 60.3. The molecule has 62 heavy (non-hydrogen) atoms. The number of esters is 1. The highest BCUT2D eigenvalue weighted by Crippen LogP contribution is 2.16. The SMILES string of the molecule is CCCCCCCCC/C=C\CCCCCCCC(=O)OCCCCCCCCCC/C=C\CCCCCCCCCC(=O)NC(CO)C(O)CCCCCCCCCCCC. The van der Waals surface area contributed by atoms with Crippen LogP contribution in [0.15, 0.2) is 24.3 Å². The van der Waals surface area contributed by atoms with Gasteiger partial charge in [-0.1, -0.05) is 231 Å². The monoisotopic (exact) mass is 874 g/mol. The van der Waals surface area contributed by atoms with E-state index < -0.39 is 12.1 Å². The Hall–Kier alpha value is -1.66. The Kier molecular flexibility index (Phi) is 50.6. The van der Waals surface area contributed by atoms with Gasteiger partial charge in [0.2, 0.25) is 5.91 Å². The molecule has 0 bridgehead atoms. The van der Waals surface area contributed by atoms with E-state index >= 15 is 0 Å². The summed E-state index contributed by atoms with van der Waals surface area (Å²) in [4.78, 5) is 24.4. The van der Waals surface area contributed by atoms with Crippen LogP contribution in [0.5, 0.6) is 0 Å². The molecule has 0 rings (SSSR count). The zero-order chi connectivity index (χ0) is 45.1. The fourth-order valence-corrected chi connectivity index (χ4v) is 8.45. The van der Waals surface area contributed by atoms with E-state index in [0.29, 0.717) is 25.9 Å². The molecular weight excluding hydrogens is 767 g/mol. The summed E-state index contributed by atoms with van der Waals surface area (Å²) in [5, 5.41) is 23.1. The van der Waals surface area contributed by atoms with Crippen LogP contribution in [0.1, 0.15) is 296 Å². The highest BCUT2D eigenvalue weighted by atomic mass is 16.5. The van der Waals surface area contributed by atoms with Gasteiger partial charge in [-0.3, -0.25) is 9.59 Å². The number of hydrogen-bond donors (Lipinski definition) is 3. The second-order valence-electron chi connectivity index (χ2n) is 18.9. The molecule has 1 amide bonds. The van der Waals surface area contributed by atoms with Crippen molar-refractivity contribution in [3.05, 3.63) is 24.3 Å². The third-order valence-electron chi connectivity index (χ3n) is 12.7. The number of hydrogen-bond acceptors (Lipinski definition) is 5. The van der Waals surface area contributed by atoms with Gasteiger partial charge in [-0.2, -0.15) is 0 Å². The van der Waals surface area contributed by atoms with Gasteiger partial charge in [-0.15, -0.1) is 0 Å². The van der Waals surface area contributed by atoms with Gasteiger partial charge in [-0.05, 0) is 77.0 Å². The number of carbonyl (C=O) groups is 2. The molecule has 0 aliphatic heterocycles. The quantitative estimate of drug-likeness (QED) is 0.0321. The third-order valence-corrected chi connectivity index (χ3v) is 12.7. The summed E-state index contributed by atoms with van der Waals surface area (Å²) in [6.45, 7) is 4.92. The molecule has 6 nitrogen and oxygen atoms in total. The van der Waals surface area contributed by atoms with Crippen molar-refractivity contribution < 1.29 is 24.5 Å². The molecule has 0 aliphatic rings. The fourth-order valence-electron chi connectivity index (χ4n) is 8.45. The minimum absolute atomic E-state index is 0.00362. The number of ether oxygens (including phenoxy) is 1. The van der Waals surface area contributed by atoms with Crippen molar-refractivity contribution >= 4 is 11.9 Å². The third kappa shape index (κ3) is 47.8. The molecule has 366 valence electrons. The van der Waals surface area contributed by atoms with E-state index in [1.165, 1.54) is 218 Å². The summed E-state index contributed by atoms with van der Waals surface area (Å²) in [6.07, 6.45) is 61.6. The van der Waals surface area contributed by atoms with Crippen molar-refractivity contribution in [2.24, 2.45) is 0 Å². The molecule has 0 fully saturated rings. The van der Waals surface area contributed by atoms with Crippen LogP contribution in [0.4, 0.5) is 0 Å². The molecule has 3 N–H and O–H groups in total. The van der Waals surface area contributed by atoms with Crippen molar-refractivity contribution in [1.82, 2.24) is 5.32 Å². The Morgan fingerprint density at radius 3 is 1.15 bits per heavy atom. The van der Waals surface area contributed by atoms with E-state index in [4.69, 9.17) is 4.74 Å². The van der Waals surface area contributed by atoms with E-state index in [1.807, 2.05) is 0 Å². The van der Waals surface area contributed by atoms with Crippen molar-refractivity contribution in [2.75, 3.05) is 13.2 Å². The summed E-state index contributed by atoms with van der Waals surface area (Å²) in [5.74, 6) is -0.0500. The first-order chi connectivity index (χ1) is 30.5. The van der Waals surface area contributed by atoms with E-state index in [1.54, 1.807) is 0 Å². The largest absolute Gasteiger partial charge is 0.466 e. The second kappa shape index (κ2) is 52.0. The van der Waals surface area contributed by atoms with Crippen molar-refractivity contribution in [1.29, 1.82) is 0 Å². The van der Waals surface area contributed by atoms with E-state index in [2.05, 4.69) is 43.5 Å². The molecule has 2 unspecified atom stereocenters. The van der Waals surface area contributed by atoms with Gasteiger partial charge in [0.05, 0.1) is 25.4 Å². The lowest BCUT2D eigenvalue weighted by Crippen LogP contribution is -2.45. The van der Waals surface area contributed by atoms with Crippen LogP contribution < -0.4 is 5.32 Å². The Labute approximate surface area is 386 Å². The molecule has 0 saturated heterocycles. The Morgan fingerprint density at radius 1 is 0.435 bits per heavy atom. The molecule has 0 radical (unpaired) electrons. The van der Waals surface area contributed by atoms with Crippen LogP contribution in [-0.4, -0.2) is 47.4 Å². The number of amides is 1. The van der Waals surface area contributed by atoms with Gasteiger partial charge in [0.15, 0.2) is 0 Å². The standard InChI is InChI=1S/C56H107NO5/c1-3-5-7-9-11-13-15-16-17-24-27-30-34-38-42-46-50-56(61)62-51-47-43-39-35-31-28-25-22-20-18-19-21-23-26-29-33-37-41-45-49-55(60)57-53(52-58)54(59)48-44-40-36-32-14-12-10-8-6-4-2/h17-19,24,53-54,58-59H,3-16,20-23,25-52H2,1-2H3,(H,57,60)/b19-18-,24-17-. The average Bonchev–Trinajstić information content (AvgIpc) is 3.27. The highest BCUT2D eigenvalue weighted by molar-refractivity contribution is 5.76. The smallest absolute Gasteiger partial charge is 0.305 e. The number of nitrogens with one attached hydrogen (secondary N) is 1. The number of carbonyl (C=O) groups excluding carboxylic acids is 2. The van der Waals surface area contributed by atoms with Gasteiger partial charge in [0, 0.05) is 12.8 Å². The van der Waals surface area contributed by atoms with Crippen molar-refractivity contribution in [2.45, 2.75) is 309 Å². The summed E-state index contributed by atoms with van der Waals surface area (Å²) in [5.41, 5.74) is 0. The molecule has 0 heterocycles. The minimum Gasteiger partial charge on any atom is -0.466 e. The lowest BCUT2D eigenvalue weighted by Gasteiger charge is -2.22. The van der Waals surface area contributed by atoms with Crippen LogP contribution >= 0.6 is 0 Å². The van der Waals surface area contributed by atoms with E-state index in [0.717, 1.165) is 44.9 Å². The molecule has 0 aliphatic carbocycles. The lowest BCUT2D eigenvalue weighted by molar-refractivity contribution is -0.143. The maximum absolute atomic E-state index is 12.4. The summed E-state index contributed by atoms with van der Waals surface area (Å²) < 4.78 is 5.47. The molecule has 0 saturated carbocycles. The molecule has 0 aromatic carbocycles. The van der Waals surface area contributed by atoms with Crippen molar-refractivity contribution in [3.63, 3.8) is 0 Å². The zero-order valence-electron chi connectivity index (χ0n) is 41.6. The van der Waals surface area contributed by atoms with Gasteiger partial charge >= 0.3 is 5.97 Å². The van der Waals surface area contributed by atoms with Gasteiger partial charge in [-0.25, -0.2) is 0 Å². The molecule has 0 aromatic heterocycles. The van der Waals surface area contributed by atoms with E-state index in [9.17, 15) is 19.8 Å². The molecular formula is C56H107NO5. The highest BCUT2D eigenvalue weighted by Gasteiger charge is 2.20. The molecule has 0 aromatic rings. The zero-order valence-corrected chi connectivity index (χ0v) is 41.6. The first-order valence-corrected chi connectivity index (χ1v) is 27.6. The number of allylic oxidation sites excluding steroid dienone is 4. The molecule has 0 spiro atoms. The van der Waals surface area contributed by atoms with Gasteiger partial charge in [0.1, 0.15) is 0 Å². The van der Waals surface area contributed by atoms with E-state index in [-0.39, 0.29) is 18.5 Å². The molecule has 2 atom stereocenters. The van der Waals surface area contributed by atoms with Crippen molar-refractivity contribution in [3.8, 4) is 0 Å². The minimum atomic E-state index is -0.668. The number of aliphatic hydroxyl groups excluding tert-OH is 2. The summed E-state index contributed by atoms with van der Waals surface area (Å²) >= 11 is 0. The maximum Gasteiger partial charge on any atom is 0.305 e.